The van der Waals surface area contributed by atoms with Crippen LogP contribution in [0.2, 0.25) is 0 Å². The van der Waals surface area contributed by atoms with Crippen molar-refractivity contribution in [3.63, 3.8) is 0 Å². The third-order valence-corrected chi connectivity index (χ3v) is 4.25. The highest BCUT2D eigenvalue weighted by Gasteiger charge is 2.16. The molecule has 1 aliphatic rings. The van der Waals surface area contributed by atoms with E-state index in [1.807, 2.05) is 18.2 Å². The fourth-order valence-corrected chi connectivity index (χ4v) is 3.18. The fourth-order valence-electron chi connectivity index (χ4n) is 2.59. The first-order valence-electron chi connectivity index (χ1n) is 7.07. The van der Waals surface area contributed by atoms with Crippen LogP contribution in [0.25, 0.3) is 0 Å². The van der Waals surface area contributed by atoms with Crippen molar-refractivity contribution in [3.8, 4) is 11.5 Å². The molecule has 0 fully saturated rings. The van der Waals surface area contributed by atoms with Gasteiger partial charge in [0.2, 0.25) is 0 Å². The standard InChI is InChI=1S/C17H18BrNO2/c1-20-16-8-7-13(11-14(16)18)12-19-9-4-10-21-17-6-3-2-5-15(17)19/h2-3,5-8,11H,4,9-10,12H2,1H3. The maximum Gasteiger partial charge on any atom is 0.142 e. The third-order valence-electron chi connectivity index (χ3n) is 3.63. The Morgan fingerprint density at radius 2 is 2.10 bits per heavy atom. The lowest BCUT2D eigenvalue weighted by Crippen LogP contribution is -2.23. The number of fused-ring (bicyclic) bond motifs is 1. The van der Waals surface area contributed by atoms with Crippen LogP contribution in [-0.4, -0.2) is 20.3 Å². The predicted octanol–water partition coefficient (Wildman–Crippen LogP) is 4.25. The van der Waals surface area contributed by atoms with E-state index in [0.717, 1.165) is 42.1 Å². The highest BCUT2D eigenvalue weighted by atomic mass is 79.9. The van der Waals surface area contributed by atoms with Crippen molar-refractivity contribution in [2.75, 3.05) is 25.2 Å². The minimum Gasteiger partial charge on any atom is -0.496 e. The fraction of sp³-hybridized carbons (Fsp3) is 0.294. The van der Waals surface area contributed by atoms with Gasteiger partial charge in [0.05, 0.1) is 23.9 Å². The molecule has 0 unspecified atom stereocenters. The molecule has 1 aliphatic heterocycles. The highest BCUT2D eigenvalue weighted by molar-refractivity contribution is 9.10. The summed E-state index contributed by atoms with van der Waals surface area (Å²) in [6.07, 6.45) is 1.03. The van der Waals surface area contributed by atoms with E-state index in [2.05, 4.69) is 45.1 Å². The van der Waals surface area contributed by atoms with Crippen LogP contribution in [0.3, 0.4) is 0 Å². The second-order valence-corrected chi connectivity index (χ2v) is 5.91. The first kappa shape index (κ1) is 14.3. The van der Waals surface area contributed by atoms with E-state index in [-0.39, 0.29) is 0 Å². The number of hydrogen-bond acceptors (Lipinski definition) is 3. The van der Waals surface area contributed by atoms with Crippen LogP contribution in [0, 0.1) is 0 Å². The monoisotopic (exact) mass is 347 g/mol. The van der Waals surface area contributed by atoms with Crippen molar-refractivity contribution in [1.29, 1.82) is 0 Å². The number of ether oxygens (including phenoxy) is 2. The van der Waals surface area contributed by atoms with Gasteiger partial charge < -0.3 is 14.4 Å². The molecule has 0 spiro atoms. The van der Waals surface area contributed by atoms with Crippen LogP contribution in [0.4, 0.5) is 5.69 Å². The zero-order chi connectivity index (χ0) is 14.7. The van der Waals surface area contributed by atoms with Crippen LogP contribution >= 0.6 is 15.9 Å². The Balaban J connectivity index is 1.86. The van der Waals surface area contributed by atoms with Crippen LogP contribution in [0.1, 0.15) is 12.0 Å². The van der Waals surface area contributed by atoms with Crippen LogP contribution in [0.5, 0.6) is 11.5 Å². The van der Waals surface area contributed by atoms with Crippen molar-refractivity contribution >= 4 is 21.6 Å². The summed E-state index contributed by atoms with van der Waals surface area (Å²) in [6, 6.07) is 14.5. The molecule has 0 N–H and O–H groups in total. The molecular weight excluding hydrogens is 330 g/mol. The molecule has 0 saturated heterocycles. The first-order chi connectivity index (χ1) is 10.3. The molecule has 21 heavy (non-hydrogen) atoms. The van der Waals surface area contributed by atoms with Crippen molar-refractivity contribution in [2.45, 2.75) is 13.0 Å². The van der Waals surface area contributed by atoms with Crippen LogP contribution in [0.15, 0.2) is 46.9 Å². The molecule has 2 aromatic rings. The average molecular weight is 348 g/mol. The van der Waals surface area contributed by atoms with Crippen molar-refractivity contribution in [2.24, 2.45) is 0 Å². The van der Waals surface area contributed by atoms with E-state index in [1.54, 1.807) is 7.11 Å². The lowest BCUT2D eigenvalue weighted by molar-refractivity contribution is 0.322. The number of methoxy groups -OCH3 is 1. The number of halogens is 1. The highest BCUT2D eigenvalue weighted by Crippen LogP contribution is 2.32. The Labute approximate surface area is 133 Å². The lowest BCUT2D eigenvalue weighted by atomic mass is 10.1. The number of hydrogen-bond donors (Lipinski definition) is 0. The molecule has 0 saturated carbocycles. The summed E-state index contributed by atoms with van der Waals surface area (Å²) in [5.74, 6) is 1.83. The normalized spacial score (nSPS) is 14.1. The van der Waals surface area contributed by atoms with Gasteiger partial charge in [-0.1, -0.05) is 18.2 Å². The topological polar surface area (TPSA) is 21.7 Å². The van der Waals surface area contributed by atoms with Crippen LogP contribution < -0.4 is 14.4 Å². The zero-order valence-electron chi connectivity index (χ0n) is 12.0. The number of anilines is 1. The Kier molecular flexibility index (Phi) is 4.34. The molecule has 4 heteroatoms. The second kappa shape index (κ2) is 6.39. The van der Waals surface area contributed by atoms with Gasteiger partial charge in [0, 0.05) is 13.1 Å². The Morgan fingerprint density at radius 3 is 2.90 bits per heavy atom. The van der Waals surface area contributed by atoms with Gasteiger partial charge in [-0.25, -0.2) is 0 Å². The Hall–Kier alpha value is -1.68. The maximum atomic E-state index is 5.81. The number of para-hydroxylation sites is 2. The van der Waals surface area contributed by atoms with Crippen LogP contribution in [-0.2, 0) is 6.54 Å². The molecule has 0 atom stereocenters. The van der Waals surface area contributed by atoms with Gasteiger partial charge in [-0.15, -0.1) is 0 Å². The van der Waals surface area contributed by atoms with Crippen molar-refractivity contribution < 1.29 is 9.47 Å². The molecule has 0 aliphatic carbocycles. The minimum atomic E-state index is 0.778. The van der Waals surface area contributed by atoms with E-state index in [1.165, 1.54) is 11.3 Å². The quantitative estimate of drug-likeness (QED) is 0.828. The molecule has 0 bridgehead atoms. The number of rotatable bonds is 3. The van der Waals surface area contributed by atoms with E-state index < -0.39 is 0 Å². The summed E-state index contributed by atoms with van der Waals surface area (Å²) in [6.45, 7) is 2.64. The first-order valence-corrected chi connectivity index (χ1v) is 7.86. The molecule has 0 radical (unpaired) electrons. The summed E-state index contributed by atoms with van der Waals surface area (Å²) in [5, 5.41) is 0. The number of nitrogens with zero attached hydrogens (tertiary/aromatic N) is 1. The second-order valence-electron chi connectivity index (χ2n) is 5.06. The van der Waals surface area contributed by atoms with Gasteiger partial charge in [0.1, 0.15) is 11.5 Å². The van der Waals surface area contributed by atoms with Gasteiger partial charge in [-0.05, 0) is 52.2 Å². The molecule has 110 valence electrons. The molecule has 0 amide bonds. The summed E-state index contributed by atoms with van der Waals surface area (Å²) in [5.41, 5.74) is 2.42. The van der Waals surface area contributed by atoms with Gasteiger partial charge in [0.25, 0.3) is 0 Å². The van der Waals surface area contributed by atoms with Gasteiger partial charge in [0.15, 0.2) is 0 Å². The maximum absolute atomic E-state index is 5.81. The summed E-state index contributed by atoms with van der Waals surface area (Å²) < 4.78 is 12.1. The van der Waals surface area contributed by atoms with Crippen molar-refractivity contribution in [3.05, 3.63) is 52.5 Å². The number of benzene rings is 2. The van der Waals surface area contributed by atoms with Gasteiger partial charge >= 0.3 is 0 Å². The van der Waals surface area contributed by atoms with E-state index in [4.69, 9.17) is 9.47 Å². The van der Waals surface area contributed by atoms with E-state index >= 15 is 0 Å². The van der Waals surface area contributed by atoms with Gasteiger partial charge in [-0.2, -0.15) is 0 Å². The average Bonchev–Trinajstić information content (AvgIpc) is 2.70. The van der Waals surface area contributed by atoms with Gasteiger partial charge in [-0.3, -0.25) is 0 Å². The Bertz CT molecular complexity index is 630. The van der Waals surface area contributed by atoms with Crippen molar-refractivity contribution in [1.82, 2.24) is 0 Å². The molecule has 3 rings (SSSR count). The summed E-state index contributed by atoms with van der Waals surface area (Å²) in [4.78, 5) is 2.37. The molecule has 2 aromatic carbocycles. The minimum absolute atomic E-state index is 0.778. The molecule has 3 nitrogen and oxygen atoms in total. The zero-order valence-corrected chi connectivity index (χ0v) is 13.6. The Morgan fingerprint density at radius 1 is 1.24 bits per heavy atom. The lowest BCUT2D eigenvalue weighted by Gasteiger charge is -2.24. The largest absolute Gasteiger partial charge is 0.496 e. The SMILES string of the molecule is COc1ccc(CN2CCCOc3ccccc32)cc1Br. The third kappa shape index (κ3) is 3.16. The molecular formula is C17H18BrNO2. The van der Waals surface area contributed by atoms with E-state index in [0.29, 0.717) is 0 Å². The molecule has 1 heterocycles. The summed E-state index contributed by atoms with van der Waals surface area (Å²) in [7, 11) is 1.68. The molecule has 0 aromatic heterocycles. The summed E-state index contributed by atoms with van der Waals surface area (Å²) >= 11 is 3.55. The smallest absolute Gasteiger partial charge is 0.142 e. The predicted molar refractivity (Wildman–Crippen MR) is 88.3 cm³/mol. The van der Waals surface area contributed by atoms with E-state index in [9.17, 15) is 0 Å².